The molecule has 0 bridgehead atoms. The number of amides is 1. The van der Waals surface area contributed by atoms with Crippen molar-refractivity contribution in [2.45, 2.75) is 23.8 Å². The molecule has 2 heterocycles. The molecule has 2 aromatic rings. The second-order valence-electron chi connectivity index (χ2n) is 8.11. The fourth-order valence-electron chi connectivity index (χ4n) is 4.09. The Labute approximate surface area is 199 Å². The number of methoxy groups -OCH3 is 1. The summed E-state index contributed by atoms with van der Waals surface area (Å²) in [5.41, 5.74) is 0.556. The molecule has 0 N–H and O–H groups in total. The van der Waals surface area contributed by atoms with Crippen molar-refractivity contribution >= 4 is 21.9 Å². The van der Waals surface area contributed by atoms with Crippen molar-refractivity contribution in [3.63, 3.8) is 0 Å². The number of carbonyl (C=O) groups is 2. The first-order valence-corrected chi connectivity index (χ1v) is 12.7. The molecule has 182 valence electrons. The number of benzene rings is 2. The second kappa shape index (κ2) is 10.5. The number of carbonyl (C=O) groups excluding carboxylic acids is 2. The molecule has 0 radical (unpaired) electrons. The van der Waals surface area contributed by atoms with Crippen LogP contribution in [0.2, 0.25) is 0 Å². The maximum Gasteiger partial charge on any atom is 0.339 e. The molecule has 34 heavy (non-hydrogen) atoms. The summed E-state index contributed by atoms with van der Waals surface area (Å²) in [7, 11) is -2.46. The van der Waals surface area contributed by atoms with Gasteiger partial charge in [-0.3, -0.25) is 4.79 Å². The maximum absolute atomic E-state index is 13.2. The van der Waals surface area contributed by atoms with Crippen LogP contribution in [0.5, 0.6) is 5.75 Å². The molecule has 2 fully saturated rings. The van der Waals surface area contributed by atoms with Crippen LogP contribution in [0.4, 0.5) is 0 Å². The van der Waals surface area contributed by atoms with Crippen molar-refractivity contribution in [1.82, 2.24) is 9.21 Å². The van der Waals surface area contributed by atoms with Crippen LogP contribution in [0.1, 0.15) is 34.9 Å². The third-order valence-corrected chi connectivity index (χ3v) is 7.88. The number of sulfonamides is 1. The fourth-order valence-corrected chi connectivity index (χ4v) is 5.78. The van der Waals surface area contributed by atoms with E-state index in [2.05, 4.69) is 0 Å². The summed E-state index contributed by atoms with van der Waals surface area (Å²) in [6.45, 7) is 2.48. The smallest absolute Gasteiger partial charge is 0.339 e. The van der Waals surface area contributed by atoms with Crippen molar-refractivity contribution in [2.75, 3.05) is 46.5 Å². The summed E-state index contributed by atoms with van der Waals surface area (Å²) in [6.07, 6.45) is 0.407. The highest BCUT2D eigenvalue weighted by Gasteiger charge is 2.33. The third-order valence-electron chi connectivity index (χ3n) is 5.96. The number of ether oxygens (including phenoxy) is 3. The zero-order chi connectivity index (χ0) is 24.1. The van der Waals surface area contributed by atoms with E-state index in [4.69, 9.17) is 14.2 Å². The Morgan fingerprint density at radius 3 is 2.29 bits per heavy atom. The molecule has 0 aliphatic carbocycles. The maximum atomic E-state index is 13.2. The van der Waals surface area contributed by atoms with Gasteiger partial charge in [-0.2, -0.15) is 4.31 Å². The van der Waals surface area contributed by atoms with Crippen LogP contribution in [-0.4, -0.2) is 76.0 Å². The highest BCUT2D eigenvalue weighted by atomic mass is 32.2. The SMILES string of the molecule is COc1ccc(C(=O)OC(C(=O)N2CCOCC2)c2ccccc2)cc1S(=O)(=O)N1CCCC1. The summed E-state index contributed by atoms with van der Waals surface area (Å²) >= 11 is 0. The zero-order valence-corrected chi connectivity index (χ0v) is 19.8. The molecule has 0 spiro atoms. The van der Waals surface area contributed by atoms with Crippen LogP contribution < -0.4 is 4.74 Å². The summed E-state index contributed by atoms with van der Waals surface area (Å²) in [4.78, 5) is 27.9. The van der Waals surface area contributed by atoms with Crippen LogP contribution in [0.25, 0.3) is 0 Å². The summed E-state index contributed by atoms with van der Waals surface area (Å²) in [6, 6.07) is 12.9. The first-order valence-electron chi connectivity index (χ1n) is 11.2. The van der Waals surface area contributed by atoms with E-state index >= 15 is 0 Å². The molecule has 0 saturated carbocycles. The third kappa shape index (κ3) is 5.08. The molecule has 2 saturated heterocycles. The van der Waals surface area contributed by atoms with Gasteiger partial charge in [-0.25, -0.2) is 13.2 Å². The monoisotopic (exact) mass is 488 g/mol. The number of esters is 1. The molecular weight excluding hydrogens is 460 g/mol. The average Bonchev–Trinajstić information content (AvgIpc) is 3.43. The van der Waals surface area contributed by atoms with Gasteiger partial charge in [-0.15, -0.1) is 0 Å². The Morgan fingerprint density at radius 2 is 1.65 bits per heavy atom. The van der Waals surface area contributed by atoms with Crippen molar-refractivity contribution in [3.8, 4) is 5.75 Å². The molecule has 1 amide bonds. The molecule has 4 rings (SSSR count). The van der Waals surface area contributed by atoms with E-state index in [-0.39, 0.29) is 22.1 Å². The predicted molar refractivity (Wildman–Crippen MR) is 123 cm³/mol. The number of hydrogen-bond acceptors (Lipinski definition) is 7. The Kier molecular flexibility index (Phi) is 7.50. The number of hydrogen-bond donors (Lipinski definition) is 0. The van der Waals surface area contributed by atoms with Crippen molar-refractivity contribution in [1.29, 1.82) is 0 Å². The Balaban J connectivity index is 1.63. The highest BCUT2D eigenvalue weighted by Crippen LogP contribution is 2.31. The van der Waals surface area contributed by atoms with Crippen molar-refractivity contribution in [2.24, 2.45) is 0 Å². The standard InChI is InChI=1S/C24H28N2O7S/c1-31-20-10-9-19(17-21(20)34(29,30)26-11-5-6-12-26)24(28)33-22(18-7-3-2-4-8-18)23(27)25-13-15-32-16-14-25/h2-4,7-10,17,22H,5-6,11-16H2,1H3. The van der Waals surface area contributed by atoms with Gasteiger partial charge in [0, 0.05) is 31.7 Å². The van der Waals surface area contributed by atoms with Gasteiger partial charge in [0.05, 0.1) is 25.9 Å². The van der Waals surface area contributed by atoms with Gasteiger partial charge < -0.3 is 19.1 Å². The molecule has 1 atom stereocenters. The molecule has 9 nitrogen and oxygen atoms in total. The van der Waals surface area contributed by atoms with Gasteiger partial charge in [-0.05, 0) is 31.0 Å². The molecule has 2 aliphatic rings. The largest absolute Gasteiger partial charge is 0.495 e. The van der Waals surface area contributed by atoms with Gasteiger partial charge in [0.15, 0.2) is 0 Å². The highest BCUT2D eigenvalue weighted by molar-refractivity contribution is 7.89. The minimum Gasteiger partial charge on any atom is -0.495 e. The van der Waals surface area contributed by atoms with Crippen LogP contribution in [-0.2, 0) is 24.3 Å². The lowest BCUT2D eigenvalue weighted by Crippen LogP contribution is -2.44. The van der Waals surface area contributed by atoms with E-state index in [0.717, 1.165) is 12.8 Å². The van der Waals surface area contributed by atoms with E-state index in [9.17, 15) is 18.0 Å². The van der Waals surface area contributed by atoms with Gasteiger partial charge in [0.2, 0.25) is 16.1 Å². The summed E-state index contributed by atoms with van der Waals surface area (Å²) in [5.74, 6) is -0.996. The van der Waals surface area contributed by atoms with Crippen LogP contribution in [0.15, 0.2) is 53.4 Å². The van der Waals surface area contributed by atoms with Crippen LogP contribution in [0.3, 0.4) is 0 Å². The Morgan fingerprint density at radius 1 is 0.971 bits per heavy atom. The topological polar surface area (TPSA) is 102 Å². The average molecular weight is 489 g/mol. The van der Waals surface area contributed by atoms with Gasteiger partial charge in [-0.1, -0.05) is 30.3 Å². The fraction of sp³-hybridized carbons (Fsp3) is 0.417. The quantitative estimate of drug-likeness (QED) is 0.551. The normalized spacial score (nSPS) is 17.9. The first kappa shape index (κ1) is 24.2. The van der Waals surface area contributed by atoms with Gasteiger partial charge in [0.25, 0.3) is 5.91 Å². The summed E-state index contributed by atoms with van der Waals surface area (Å²) < 4.78 is 44.0. The number of nitrogens with zero attached hydrogens (tertiary/aromatic N) is 2. The van der Waals surface area contributed by atoms with Crippen molar-refractivity contribution in [3.05, 3.63) is 59.7 Å². The van der Waals surface area contributed by atoms with E-state index in [0.29, 0.717) is 45.0 Å². The minimum atomic E-state index is -3.84. The minimum absolute atomic E-state index is 0.0225. The molecule has 0 aromatic heterocycles. The van der Waals surface area contributed by atoms with Crippen molar-refractivity contribution < 1.29 is 32.2 Å². The molecule has 10 heteroatoms. The molecular formula is C24H28N2O7S. The zero-order valence-electron chi connectivity index (χ0n) is 19.0. The van der Waals surface area contributed by atoms with Gasteiger partial charge >= 0.3 is 5.97 Å². The van der Waals surface area contributed by atoms with Gasteiger partial charge in [0.1, 0.15) is 10.6 Å². The molecule has 1 unspecified atom stereocenters. The second-order valence-corrected chi connectivity index (χ2v) is 10.0. The Hall–Kier alpha value is -2.95. The number of morpholine rings is 1. The van der Waals surface area contributed by atoms with Crippen LogP contribution in [0, 0.1) is 0 Å². The molecule has 2 aliphatic heterocycles. The van der Waals surface area contributed by atoms with E-state index in [1.165, 1.54) is 29.6 Å². The lowest BCUT2D eigenvalue weighted by atomic mass is 10.1. The lowest BCUT2D eigenvalue weighted by Gasteiger charge is -2.30. The lowest BCUT2D eigenvalue weighted by molar-refractivity contribution is -0.145. The van der Waals surface area contributed by atoms with E-state index in [1.807, 2.05) is 0 Å². The summed E-state index contributed by atoms with van der Waals surface area (Å²) in [5, 5.41) is 0. The number of rotatable bonds is 7. The van der Waals surface area contributed by atoms with E-state index in [1.54, 1.807) is 35.2 Å². The predicted octanol–water partition coefficient (Wildman–Crippen LogP) is 2.24. The first-order chi connectivity index (χ1) is 16.4. The van der Waals surface area contributed by atoms with E-state index < -0.39 is 22.1 Å². The van der Waals surface area contributed by atoms with Crippen LogP contribution >= 0.6 is 0 Å². The Bertz CT molecular complexity index is 1130. The molecule has 2 aromatic carbocycles.